The quantitative estimate of drug-likeness (QED) is 0.686. The van der Waals surface area contributed by atoms with Gasteiger partial charge in [0.05, 0.1) is 13.2 Å². The number of nitrogens with one attached hydrogen (secondary N) is 1. The molecule has 18 heavy (non-hydrogen) atoms. The Kier molecular flexibility index (Phi) is 6.83. The van der Waals surface area contributed by atoms with Crippen molar-refractivity contribution in [2.45, 2.75) is 25.7 Å². The Morgan fingerprint density at radius 3 is 2.56 bits per heavy atom. The summed E-state index contributed by atoms with van der Waals surface area (Å²) in [5.41, 5.74) is 0.0457. The van der Waals surface area contributed by atoms with E-state index in [0.717, 1.165) is 12.8 Å². The summed E-state index contributed by atoms with van der Waals surface area (Å²) in [4.78, 5) is 0. The molecule has 1 aromatic carbocycles. The Balaban J connectivity index is 2.18. The molecule has 102 valence electrons. The molecule has 0 heterocycles. The Bertz CT molecular complexity index is 317. The van der Waals surface area contributed by atoms with Crippen LogP contribution in [0.2, 0.25) is 0 Å². The van der Waals surface area contributed by atoms with Crippen molar-refractivity contribution in [3.8, 4) is 0 Å². The molecular formula is C14H21F2NO. The Hall–Kier alpha value is -1.00. The normalized spacial score (nSPS) is 11.7. The predicted molar refractivity (Wildman–Crippen MR) is 68.9 cm³/mol. The number of halogens is 2. The van der Waals surface area contributed by atoms with E-state index in [4.69, 9.17) is 4.74 Å². The molecule has 2 nitrogen and oxygen atoms in total. The molecular weight excluding hydrogens is 236 g/mol. The van der Waals surface area contributed by atoms with Crippen molar-refractivity contribution >= 4 is 0 Å². The zero-order valence-electron chi connectivity index (χ0n) is 10.8. The Morgan fingerprint density at radius 2 is 1.89 bits per heavy atom. The van der Waals surface area contributed by atoms with Crippen molar-refractivity contribution in [2.24, 2.45) is 0 Å². The van der Waals surface area contributed by atoms with Gasteiger partial charge in [0, 0.05) is 18.7 Å². The number of hydrogen-bond donors (Lipinski definition) is 1. The summed E-state index contributed by atoms with van der Waals surface area (Å²) in [5.74, 6) is -2.83. The molecule has 1 N–H and O–H groups in total. The van der Waals surface area contributed by atoms with Crippen LogP contribution in [0.25, 0.3) is 0 Å². The van der Waals surface area contributed by atoms with Gasteiger partial charge < -0.3 is 10.1 Å². The van der Waals surface area contributed by atoms with Gasteiger partial charge in [-0.05, 0) is 6.42 Å². The lowest BCUT2D eigenvalue weighted by molar-refractivity contribution is -0.00474. The minimum atomic E-state index is -2.83. The van der Waals surface area contributed by atoms with E-state index in [2.05, 4.69) is 12.2 Å². The van der Waals surface area contributed by atoms with Gasteiger partial charge in [-0.25, -0.2) is 0 Å². The van der Waals surface area contributed by atoms with Gasteiger partial charge in [0.15, 0.2) is 0 Å². The van der Waals surface area contributed by atoms with Gasteiger partial charge in [0.1, 0.15) is 0 Å². The molecule has 0 unspecified atom stereocenters. The first-order valence-corrected chi connectivity index (χ1v) is 6.38. The summed E-state index contributed by atoms with van der Waals surface area (Å²) in [6.07, 6.45) is 2.10. The van der Waals surface area contributed by atoms with Crippen molar-refractivity contribution in [1.82, 2.24) is 5.32 Å². The Morgan fingerprint density at radius 1 is 1.17 bits per heavy atom. The van der Waals surface area contributed by atoms with Crippen LogP contribution in [0.1, 0.15) is 25.3 Å². The van der Waals surface area contributed by atoms with E-state index in [1.54, 1.807) is 18.2 Å². The fraction of sp³-hybridized carbons (Fsp3) is 0.571. The first kappa shape index (κ1) is 15.1. The third kappa shape index (κ3) is 5.56. The van der Waals surface area contributed by atoms with Crippen LogP contribution in [-0.2, 0) is 10.7 Å². The second-order valence-corrected chi connectivity index (χ2v) is 4.21. The molecule has 0 atom stereocenters. The lowest BCUT2D eigenvalue weighted by Gasteiger charge is -2.17. The van der Waals surface area contributed by atoms with Crippen LogP contribution in [0.3, 0.4) is 0 Å². The minimum Gasteiger partial charge on any atom is -0.380 e. The molecule has 0 fully saturated rings. The van der Waals surface area contributed by atoms with E-state index < -0.39 is 5.92 Å². The van der Waals surface area contributed by atoms with Crippen molar-refractivity contribution < 1.29 is 13.5 Å². The van der Waals surface area contributed by atoms with Crippen molar-refractivity contribution in [2.75, 3.05) is 26.3 Å². The molecule has 0 amide bonds. The van der Waals surface area contributed by atoms with Crippen molar-refractivity contribution in [3.63, 3.8) is 0 Å². The number of alkyl halides is 2. The van der Waals surface area contributed by atoms with Gasteiger partial charge in [-0.1, -0.05) is 43.7 Å². The third-order valence-corrected chi connectivity index (χ3v) is 2.61. The average Bonchev–Trinajstić information content (AvgIpc) is 2.39. The molecule has 0 bridgehead atoms. The van der Waals surface area contributed by atoms with E-state index in [1.807, 2.05) is 0 Å². The van der Waals surface area contributed by atoms with E-state index in [0.29, 0.717) is 19.8 Å². The SMILES string of the molecule is CCCCOCCNCC(F)(F)c1ccccc1. The number of benzene rings is 1. The first-order chi connectivity index (χ1) is 8.67. The topological polar surface area (TPSA) is 21.3 Å². The summed E-state index contributed by atoms with van der Waals surface area (Å²) in [5, 5.41) is 2.73. The van der Waals surface area contributed by atoms with E-state index in [-0.39, 0.29) is 12.1 Å². The molecule has 0 aliphatic carbocycles. The molecule has 1 rings (SSSR count). The molecule has 0 saturated carbocycles. The van der Waals surface area contributed by atoms with Crippen LogP contribution < -0.4 is 5.32 Å². The van der Waals surface area contributed by atoms with Gasteiger partial charge >= 0.3 is 0 Å². The van der Waals surface area contributed by atoms with Gasteiger partial charge in [-0.2, -0.15) is 8.78 Å². The minimum absolute atomic E-state index is 0.0457. The van der Waals surface area contributed by atoms with E-state index >= 15 is 0 Å². The van der Waals surface area contributed by atoms with E-state index in [1.165, 1.54) is 12.1 Å². The fourth-order valence-electron chi connectivity index (χ4n) is 1.52. The van der Waals surface area contributed by atoms with Crippen LogP contribution in [0.15, 0.2) is 30.3 Å². The zero-order chi connectivity index (χ0) is 13.3. The summed E-state index contributed by atoms with van der Waals surface area (Å²) in [6.45, 7) is 3.36. The highest BCUT2D eigenvalue weighted by atomic mass is 19.3. The molecule has 0 aromatic heterocycles. The monoisotopic (exact) mass is 257 g/mol. The van der Waals surface area contributed by atoms with Crippen LogP contribution in [0, 0.1) is 0 Å². The van der Waals surface area contributed by atoms with Crippen molar-refractivity contribution in [3.05, 3.63) is 35.9 Å². The van der Waals surface area contributed by atoms with Gasteiger partial charge in [-0.15, -0.1) is 0 Å². The maximum absolute atomic E-state index is 13.7. The number of ether oxygens (including phenoxy) is 1. The highest BCUT2D eigenvalue weighted by molar-refractivity contribution is 5.20. The van der Waals surface area contributed by atoms with Crippen LogP contribution in [0.5, 0.6) is 0 Å². The zero-order valence-corrected chi connectivity index (χ0v) is 10.8. The summed E-state index contributed by atoms with van der Waals surface area (Å²) >= 11 is 0. The maximum Gasteiger partial charge on any atom is 0.285 e. The molecule has 0 radical (unpaired) electrons. The first-order valence-electron chi connectivity index (χ1n) is 6.38. The van der Waals surface area contributed by atoms with E-state index in [9.17, 15) is 8.78 Å². The van der Waals surface area contributed by atoms with Crippen LogP contribution >= 0.6 is 0 Å². The Labute approximate surface area is 107 Å². The summed E-state index contributed by atoms with van der Waals surface area (Å²) in [7, 11) is 0. The fourth-order valence-corrected chi connectivity index (χ4v) is 1.52. The summed E-state index contributed by atoms with van der Waals surface area (Å²) in [6, 6.07) is 7.86. The lowest BCUT2D eigenvalue weighted by Crippen LogP contribution is -2.32. The molecule has 0 aliphatic rings. The van der Waals surface area contributed by atoms with Crippen LogP contribution in [0.4, 0.5) is 8.78 Å². The molecule has 0 saturated heterocycles. The highest BCUT2D eigenvalue weighted by Gasteiger charge is 2.30. The number of rotatable bonds is 9. The molecule has 4 heteroatoms. The number of unbranched alkanes of at least 4 members (excludes halogenated alkanes) is 1. The summed E-state index contributed by atoms with van der Waals surface area (Å²) < 4.78 is 32.7. The van der Waals surface area contributed by atoms with Gasteiger partial charge in [0.2, 0.25) is 0 Å². The number of hydrogen-bond acceptors (Lipinski definition) is 2. The van der Waals surface area contributed by atoms with Crippen LogP contribution in [-0.4, -0.2) is 26.3 Å². The largest absolute Gasteiger partial charge is 0.380 e. The standard InChI is InChI=1S/C14H21F2NO/c1-2-3-10-18-11-9-17-12-14(15,16)13-7-5-4-6-8-13/h4-8,17H,2-3,9-12H2,1H3. The van der Waals surface area contributed by atoms with Gasteiger partial charge in [-0.3, -0.25) is 0 Å². The molecule has 1 aromatic rings. The molecule has 0 spiro atoms. The second kappa shape index (κ2) is 8.16. The third-order valence-electron chi connectivity index (χ3n) is 2.61. The van der Waals surface area contributed by atoms with Gasteiger partial charge in [0.25, 0.3) is 5.92 Å². The smallest absolute Gasteiger partial charge is 0.285 e. The highest BCUT2D eigenvalue weighted by Crippen LogP contribution is 2.26. The lowest BCUT2D eigenvalue weighted by atomic mass is 10.1. The maximum atomic E-state index is 13.7. The van der Waals surface area contributed by atoms with Crippen molar-refractivity contribution in [1.29, 1.82) is 0 Å². The molecule has 0 aliphatic heterocycles. The second-order valence-electron chi connectivity index (χ2n) is 4.21. The average molecular weight is 257 g/mol. The predicted octanol–water partition coefficient (Wildman–Crippen LogP) is 3.18.